The summed E-state index contributed by atoms with van der Waals surface area (Å²) in [7, 11) is 1.34. The molecule has 8 nitrogen and oxygen atoms in total. The van der Waals surface area contributed by atoms with Gasteiger partial charge in [-0.25, -0.2) is 14.6 Å². The SMILES string of the molecule is COc1cc(C(=O)O)cnc1N(OC(C)(C)C)C(=O)OC(C)(C)C.[H-].[Na+]. The quantitative estimate of drug-likeness (QED) is 0.609. The van der Waals surface area contributed by atoms with E-state index < -0.39 is 23.3 Å². The van der Waals surface area contributed by atoms with Crippen LogP contribution in [0, 0.1) is 0 Å². The second kappa shape index (κ2) is 8.84. The monoisotopic (exact) mass is 364 g/mol. The first-order chi connectivity index (χ1) is 10.8. The van der Waals surface area contributed by atoms with Crippen molar-refractivity contribution < 1.29 is 60.0 Å². The number of carbonyl (C=O) groups excluding carboxylic acids is 1. The van der Waals surface area contributed by atoms with Crippen LogP contribution in [0.2, 0.25) is 0 Å². The summed E-state index contributed by atoms with van der Waals surface area (Å²) in [5, 5.41) is 9.92. The molecule has 1 rings (SSSR count). The molecule has 0 atom stereocenters. The molecule has 0 spiro atoms. The van der Waals surface area contributed by atoms with Crippen LogP contribution in [0.25, 0.3) is 0 Å². The molecule has 1 amide bonds. The van der Waals surface area contributed by atoms with Crippen LogP contribution in [0.15, 0.2) is 12.3 Å². The van der Waals surface area contributed by atoms with Crippen molar-refractivity contribution >= 4 is 17.9 Å². The van der Waals surface area contributed by atoms with Gasteiger partial charge in [0.05, 0.1) is 18.3 Å². The number of nitrogens with zero attached hydrogens (tertiary/aromatic N) is 2. The Morgan fingerprint density at radius 1 is 1.16 bits per heavy atom. The molecular formula is C16H25N2NaO6. The third-order valence-electron chi connectivity index (χ3n) is 2.42. The zero-order valence-corrected chi connectivity index (χ0v) is 18.0. The van der Waals surface area contributed by atoms with Crippen molar-refractivity contribution in [2.75, 3.05) is 12.2 Å². The van der Waals surface area contributed by atoms with E-state index in [1.54, 1.807) is 41.5 Å². The Balaban J connectivity index is 0. The summed E-state index contributed by atoms with van der Waals surface area (Å²) >= 11 is 0. The van der Waals surface area contributed by atoms with E-state index in [1.807, 2.05) is 0 Å². The molecule has 9 heteroatoms. The van der Waals surface area contributed by atoms with E-state index in [1.165, 1.54) is 13.2 Å². The zero-order valence-electron chi connectivity index (χ0n) is 17.0. The van der Waals surface area contributed by atoms with E-state index in [9.17, 15) is 9.59 Å². The summed E-state index contributed by atoms with van der Waals surface area (Å²) in [4.78, 5) is 33.2. The summed E-state index contributed by atoms with van der Waals surface area (Å²) in [6.07, 6.45) is 0.329. The molecule has 0 aliphatic heterocycles. The van der Waals surface area contributed by atoms with Gasteiger partial charge in [0.2, 0.25) is 5.82 Å². The van der Waals surface area contributed by atoms with Crippen molar-refractivity contribution in [3.05, 3.63) is 17.8 Å². The standard InChI is InChI=1S/C16H24N2O6.Na.H/c1-15(2,3)23-14(21)18(24-16(4,5)6)12-11(22-7)8-10(9-17-12)13(19)20;;/h8-9H,1-7H3,(H,19,20);;/q;+1;-1. The van der Waals surface area contributed by atoms with Crippen LogP contribution in [-0.4, -0.2) is 40.5 Å². The molecule has 0 aliphatic carbocycles. The fourth-order valence-electron chi connectivity index (χ4n) is 1.60. The molecule has 1 aromatic heterocycles. The summed E-state index contributed by atoms with van der Waals surface area (Å²) in [6.45, 7) is 10.4. The Hall–Kier alpha value is -1.35. The van der Waals surface area contributed by atoms with E-state index in [-0.39, 0.29) is 48.1 Å². The normalized spacial score (nSPS) is 11.3. The molecule has 1 heterocycles. The fraction of sp³-hybridized carbons (Fsp3) is 0.562. The Kier molecular flexibility index (Phi) is 8.37. The van der Waals surface area contributed by atoms with Gasteiger partial charge in [-0.2, -0.15) is 0 Å². The number of carboxylic acids is 1. The van der Waals surface area contributed by atoms with Crippen LogP contribution < -0.4 is 39.4 Å². The number of carboxylic acid groups (broad SMARTS) is 1. The predicted molar refractivity (Wildman–Crippen MR) is 88.4 cm³/mol. The average Bonchev–Trinajstić information content (AvgIpc) is 2.41. The van der Waals surface area contributed by atoms with E-state index >= 15 is 0 Å². The molecule has 1 N–H and O–H groups in total. The smallest absolute Gasteiger partial charge is 1.00 e. The van der Waals surface area contributed by atoms with E-state index in [0.29, 0.717) is 0 Å². The maximum atomic E-state index is 12.5. The first-order valence-electron chi connectivity index (χ1n) is 7.33. The predicted octanol–water partition coefficient (Wildman–Crippen LogP) is 0.377. The number of aromatic nitrogens is 1. The topological polar surface area (TPSA) is 98.2 Å². The molecule has 0 aromatic carbocycles. The third-order valence-corrected chi connectivity index (χ3v) is 2.42. The van der Waals surface area contributed by atoms with Gasteiger partial charge in [0.15, 0.2) is 5.75 Å². The third kappa shape index (κ3) is 7.60. The molecule has 0 aliphatic rings. The number of methoxy groups -OCH3 is 1. The molecule has 0 unspecified atom stereocenters. The van der Waals surface area contributed by atoms with Crippen LogP contribution in [0.3, 0.4) is 0 Å². The Bertz CT molecular complexity index is 628. The molecule has 136 valence electrons. The second-order valence-electron chi connectivity index (χ2n) is 7.03. The minimum absolute atomic E-state index is 0. The average molecular weight is 364 g/mol. The summed E-state index contributed by atoms with van der Waals surface area (Å²) in [6, 6.07) is 1.26. The number of hydrogen-bond donors (Lipinski definition) is 1. The summed E-state index contributed by atoms with van der Waals surface area (Å²) in [5.41, 5.74) is -1.55. The second-order valence-corrected chi connectivity index (χ2v) is 7.03. The number of amides is 1. The van der Waals surface area contributed by atoms with Gasteiger partial charge in [0, 0.05) is 12.3 Å². The Labute approximate surface area is 171 Å². The number of carbonyl (C=O) groups is 2. The Morgan fingerprint density at radius 2 is 1.72 bits per heavy atom. The van der Waals surface area contributed by atoms with Crippen molar-refractivity contribution in [3.63, 3.8) is 0 Å². The minimum atomic E-state index is -1.16. The fourth-order valence-corrected chi connectivity index (χ4v) is 1.60. The van der Waals surface area contributed by atoms with E-state index in [0.717, 1.165) is 11.3 Å². The number of hydrogen-bond acceptors (Lipinski definition) is 6. The van der Waals surface area contributed by atoms with Gasteiger partial charge in [-0.05, 0) is 41.5 Å². The van der Waals surface area contributed by atoms with Crippen LogP contribution in [-0.2, 0) is 9.57 Å². The molecule has 0 radical (unpaired) electrons. The van der Waals surface area contributed by atoms with Gasteiger partial charge in [-0.3, -0.25) is 4.84 Å². The van der Waals surface area contributed by atoms with Crippen LogP contribution >= 0.6 is 0 Å². The number of anilines is 1. The number of pyridine rings is 1. The Morgan fingerprint density at radius 3 is 2.12 bits per heavy atom. The maximum Gasteiger partial charge on any atom is 1.00 e. The minimum Gasteiger partial charge on any atom is -1.00 e. The van der Waals surface area contributed by atoms with Crippen molar-refractivity contribution in [1.82, 2.24) is 4.98 Å². The number of ether oxygens (including phenoxy) is 2. The number of hydroxylamine groups is 1. The zero-order chi connectivity index (χ0) is 18.7. The molecule has 0 bridgehead atoms. The van der Waals surface area contributed by atoms with Crippen molar-refractivity contribution in [2.45, 2.75) is 52.7 Å². The van der Waals surface area contributed by atoms with Crippen LogP contribution in [0.1, 0.15) is 53.3 Å². The largest absolute Gasteiger partial charge is 1.00 e. The first kappa shape index (κ1) is 23.6. The van der Waals surface area contributed by atoms with Gasteiger partial charge in [-0.15, -0.1) is 5.06 Å². The van der Waals surface area contributed by atoms with Crippen molar-refractivity contribution in [2.24, 2.45) is 0 Å². The van der Waals surface area contributed by atoms with Crippen LogP contribution in [0.4, 0.5) is 10.6 Å². The number of aromatic carboxylic acids is 1. The van der Waals surface area contributed by atoms with Gasteiger partial charge in [0.25, 0.3) is 0 Å². The van der Waals surface area contributed by atoms with E-state index in [4.69, 9.17) is 19.4 Å². The molecule has 1 aromatic rings. The molecule has 25 heavy (non-hydrogen) atoms. The molecular weight excluding hydrogens is 339 g/mol. The molecule has 0 fully saturated rings. The van der Waals surface area contributed by atoms with Gasteiger partial charge in [0.1, 0.15) is 5.60 Å². The van der Waals surface area contributed by atoms with Gasteiger partial charge >= 0.3 is 41.6 Å². The maximum absolute atomic E-state index is 12.5. The summed E-state index contributed by atoms with van der Waals surface area (Å²) < 4.78 is 10.5. The molecule has 0 saturated heterocycles. The van der Waals surface area contributed by atoms with Crippen molar-refractivity contribution in [3.8, 4) is 5.75 Å². The van der Waals surface area contributed by atoms with Crippen molar-refractivity contribution in [1.29, 1.82) is 0 Å². The summed E-state index contributed by atoms with van der Waals surface area (Å²) in [5.74, 6) is -1.08. The van der Waals surface area contributed by atoms with Gasteiger partial charge in [-0.1, -0.05) is 0 Å². The van der Waals surface area contributed by atoms with Crippen LogP contribution in [0.5, 0.6) is 5.75 Å². The van der Waals surface area contributed by atoms with E-state index in [2.05, 4.69) is 4.98 Å². The first-order valence-corrected chi connectivity index (χ1v) is 7.33. The van der Waals surface area contributed by atoms with Gasteiger partial charge < -0.3 is 16.0 Å². The number of rotatable bonds is 4. The molecule has 0 saturated carbocycles.